The van der Waals surface area contributed by atoms with E-state index in [1.165, 1.54) is 7.11 Å². The summed E-state index contributed by atoms with van der Waals surface area (Å²) in [6, 6.07) is 3.72. The number of hydrogen-bond donors (Lipinski definition) is 1. The van der Waals surface area contributed by atoms with Crippen LogP contribution in [0.2, 0.25) is 0 Å². The fraction of sp³-hybridized carbons (Fsp3) is 0.571. The lowest BCUT2D eigenvalue weighted by atomic mass is 9.99. The molecule has 100 valence electrons. The molecule has 2 unspecified atom stereocenters. The van der Waals surface area contributed by atoms with E-state index in [1.54, 1.807) is 0 Å². The molecule has 1 aromatic rings. The highest BCUT2D eigenvalue weighted by Gasteiger charge is 2.23. The van der Waals surface area contributed by atoms with Crippen molar-refractivity contribution in [2.75, 3.05) is 7.11 Å². The van der Waals surface area contributed by atoms with E-state index in [0.29, 0.717) is 6.54 Å². The predicted molar refractivity (Wildman–Crippen MR) is 71.1 cm³/mol. The van der Waals surface area contributed by atoms with Gasteiger partial charge in [0.1, 0.15) is 6.04 Å². The largest absolute Gasteiger partial charge is 0.468 e. The number of carbonyl (C=O) groups is 1. The lowest BCUT2D eigenvalue weighted by molar-refractivity contribution is -0.144. The number of aromatic nitrogens is 1. The van der Waals surface area contributed by atoms with Gasteiger partial charge in [0, 0.05) is 18.4 Å². The highest BCUT2D eigenvalue weighted by Crippen LogP contribution is 2.10. The second kappa shape index (κ2) is 7.11. The average Bonchev–Trinajstić information content (AvgIpc) is 2.40. The smallest absolute Gasteiger partial charge is 0.323 e. The van der Waals surface area contributed by atoms with Crippen LogP contribution in [0.15, 0.2) is 18.3 Å². The summed E-state index contributed by atoms with van der Waals surface area (Å²) in [5.74, 6) is 0.0419. The van der Waals surface area contributed by atoms with Crippen LogP contribution in [0.5, 0.6) is 0 Å². The molecule has 0 fully saturated rings. The lowest BCUT2D eigenvalue weighted by Crippen LogP contribution is -2.42. The first kappa shape index (κ1) is 14.6. The van der Waals surface area contributed by atoms with Crippen LogP contribution in [0, 0.1) is 12.8 Å². The first-order chi connectivity index (χ1) is 8.58. The van der Waals surface area contributed by atoms with Crippen molar-refractivity contribution in [2.24, 2.45) is 5.92 Å². The zero-order valence-corrected chi connectivity index (χ0v) is 11.6. The summed E-state index contributed by atoms with van der Waals surface area (Å²) in [7, 11) is 1.42. The number of carbonyl (C=O) groups excluding carboxylic acids is 1. The molecule has 0 bridgehead atoms. The highest BCUT2D eigenvalue weighted by atomic mass is 16.5. The molecule has 0 aromatic carbocycles. The Morgan fingerprint density at radius 2 is 2.22 bits per heavy atom. The number of nitrogens with zero attached hydrogens (tertiary/aromatic N) is 1. The van der Waals surface area contributed by atoms with E-state index in [9.17, 15) is 4.79 Å². The molecule has 0 spiro atoms. The van der Waals surface area contributed by atoms with E-state index in [1.807, 2.05) is 32.2 Å². The molecule has 4 nitrogen and oxygen atoms in total. The Labute approximate surface area is 109 Å². The van der Waals surface area contributed by atoms with Gasteiger partial charge in [-0.25, -0.2) is 0 Å². The van der Waals surface area contributed by atoms with E-state index in [2.05, 4.69) is 17.2 Å². The van der Waals surface area contributed by atoms with E-state index >= 15 is 0 Å². The summed E-state index contributed by atoms with van der Waals surface area (Å²) in [6.07, 6.45) is 2.76. The number of hydrogen-bond acceptors (Lipinski definition) is 4. The molecule has 0 radical (unpaired) electrons. The molecule has 0 aliphatic carbocycles. The number of rotatable bonds is 6. The van der Waals surface area contributed by atoms with E-state index in [-0.39, 0.29) is 17.9 Å². The van der Waals surface area contributed by atoms with Gasteiger partial charge in [-0.15, -0.1) is 0 Å². The maximum atomic E-state index is 11.7. The van der Waals surface area contributed by atoms with Gasteiger partial charge in [-0.1, -0.05) is 26.3 Å². The number of aryl methyl sites for hydroxylation is 1. The van der Waals surface area contributed by atoms with Crippen molar-refractivity contribution in [3.05, 3.63) is 29.6 Å². The highest BCUT2D eigenvalue weighted by molar-refractivity contribution is 5.75. The fourth-order valence-electron chi connectivity index (χ4n) is 1.71. The molecule has 0 aliphatic rings. The quantitative estimate of drug-likeness (QED) is 0.785. The molecule has 1 N–H and O–H groups in total. The van der Waals surface area contributed by atoms with Crippen LogP contribution in [-0.4, -0.2) is 24.1 Å². The molecule has 18 heavy (non-hydrogen) atoms. The van der Waals surface area contributed by atoms with Gasteiger partial charge >= 0.3 is 5.97 Å². The van der Waals surface area contributed by atoms with Crippen molar-refractivity contribution in [3.63, 3.8) is 0 Å². The van der Waals surface area contributed by atoms with Gasteiger partial charge in [0.15, 0.2) is 0 Å². The molecule has 0 saturated carbocycles. The second-order valence-electron chi connectivity index (χ2n) is 4.58. The van der Waals surface area contributed by atoms with E-state index < -0.39 is 0 Å². The van der Waals surface area contributed by atoms with E-state index in [0.717, 1.165) is 17.7 Å². The fourth-order valence-corrected chi connectivity index (χ4v) is 1.71. The topological polar surface area (TPSA) is 51.2 Å². The molecule has 2 atom stereocenters. The third-order valence-electron chi connectivity index (χ3n) is 3.17. The normalized spacial score (nSPS) is 14.0. The monoisotopic (exact) mass is 250 g/mol. The Balaban J connectivity index is 2.61. The third-order valence-corrected chi connectivity index (χ3v) is 3.17. The predicted octanol–water partition coefficient (Wildman–Crippen LogP) is 2.07. The Morgan fingerprint density at radius 1 is 1.50 bits per heavy atom. The molecule has 1 aromatic heterocycles. The second-order valence-corrected chi connectivity index (χ2v) is 4.58. The zero-order valence-electron chi connectivity index (χ0n) is 11.6. The van der Waals surface area contributed by atoms with Crippen LogP contribution in [-0.2, 0) is 16.1 Å². The number of methoxy groups -OCH3 is 1. The maximum Gasteiger partial charge on any atom is 0.323 e. The number of nitrogens with one attached hydrogen (secondary N) is 1. The SMILES string of the molecule is CCC(C)C(NCc1ccc(C)nc1)C(=O)OC. The maximum absolute atomic E-state index is 11.7. The summed E-state index contributed by atoms with van der Waals surface area (Å²) in [5.41, 5.74) is 2.06. The van der Waals surface area contributed by atoms with Crippen LogP contribution < -0.4 is 5.32 Å². The van der Waals surface area contributed by atoms with Gasteiger partial charge in [0.2, 0.25) is 0 Å². The van der Waals surface area contributed by atoms with Crippen molar-refractivity contribution < 1.29 is 9.53 Å². The molecular weight excluding hydrogens is 228 g/mol. The Bertz CT molecular complexity index is 376. The summed E-state index contributed by atoms with van der Waals surface area (Å²) < 4.78 is 4.83. The molecule has 0 amide bonds. The summed E-state index contributed by atoms with van der Waals surface area (Å²) >= 11 is 0. The van der Waals surface area contributed by atoms with Gasteiger partial charge in [-0.3, -0.25) is 9.78 Å². The molecule has 4 heteroatoms. The Kier molecular flexibility index (Phi) is 5.78. The van der Waals surface area contributed by atoms with Crippen molar-refractivity contribution in [2.45, 2.75) is 39.8 Å². The van der Waals surface area contributed by atoms with Crippen LogP contribution in [0.25, 0.3) is 0 Å². The van der Waals surface area contributed by atoms with Crippen LogP contribution >= 0.6 is 0 Å². The summed E-state index contributed by atoms with van der Waals surface area (Å²) in [4.78, 5) is 15.9. The lowest BCUT2D eigenvalue weighted by Gasteiger charge is -2.21. The molecule has 0 aliphatic heterocycles. The summed E-state index contributed by atoms with van der Waals surface area (Å²) in [5, 5.41) is 3.24. The molecule has 0 saturated heterocycles. The van der Waals surface area contributed by atoms with Crippen molar-refractivity contribution >= 4 is 5.97 Å². The van der Waals surface area contributed by atoms with Gasteiger partial charge in [-0.2, -0.15) is 0 Å². The van der Waals surface area contributed by atoms with E-state index in [4.69, 9.17) is 4.74 Å². The van der Waals surface area contributed by atoms with Crippen molar-refractivity contribution in [3.8, 4) is 0 Å². The first-order valence-electron chi connectivity index (χ1n) is 6.31. The number of pyridine rings is 1. The zero-order chi connectivity index (χ0) is 13.5. The minimum Gasteiger partial charge on any atom is -0.468 e. The number of esters is 1. The summed E-state index contributed by atoms with van der Waals surface area (Å²) in [6.45, 7) is 6.68. The van der Waals surface area contributed by atoms with Crippen LogP contribution in [0.1, 0.15) is 31.5 Å². The minimum absolute atomic E-state index is 0.204. The van der Waals surface area contributed by atoms with Crippen molar-refractivity contribution in [1.29, 1.82) is 0 Å². The minimum atomic E-state index is -0.263. The van der Waals surface area contributed by atoms with Gasteiger partial charge in [0.05, 0.1) is 7.11 Å². The number of ether oxygens (including phenoxy) is 1. The van der Waals surface area contributed by atoms with Gasteiger partial charge in [-0.05, 0) is 24.5 Å². The first-order valence-corrected chi connectivity index (χ1v) is 6.31. The third kappa shape index (κ3) is 4.11. The Morgan fingerprint density at radius 3 is 2.72 bits per heavy atom. The van der Waals surface area contributed by atoms with Crippen LogP contribution in [0.3, 0.4) is 0 Å². The van der Waals surface area contributed by atoms with Crippen LogP contribution in [0.4, 0.5) is 0 Å². The Hall–Kier alpha value is -1.42. The van der Waals surface area contributed by atoms with Gasteiger partial charge < -0.3 is 10.1 Å². The average molecular weight is 250 g/mol. The van der Waals surface area contributed by atoms with Crippen molar-refractivity contribution in [1.82, 2.24) is 10.3 Å². The standard InChI is InChI=1S/C14H22N2O2/c1-5-10(2)13(14(17)18-4)16-9-12-7-6-11(3)15-8-12/h6-8,10,13,16H,5,9H2,1-4H3. The molecule has 1 heterocycles. The van der Waals surface area contributed by atoms with Gasteiger partial charge in [0.25, 0.3) is 0 Å². The molecule has 1 rings (SSSR count). The molecular formula is C14H22N2O2.